The van der Waals surface area contributed by atoms with Gasteiger partial charge >= 0.3 is 17.9 Å². The lowest BCUT2D eigenvalue weighted by atomic mass is 10.0. The summed E-state index contributed by atoms with van der Waals surface area (Å²) in [6.07, 6.45) is 61.6. The summed E-state index contributed by atoms with van der Waals surface area (Å²) < 4.78 is 16.6. The van der Waals surface area contributed by atoms with Crippen LogP contribution in [-0.4, -0.2) is 37.2 Å². The summed E-state index contributed by atoms with van der Waals surface area (Å²) in [5, 5.41) is 0. The SMILES string of the molecule is CC/C=C\C/C=C\C/C=C\C/C=C\C/C=C\CC(=O)OCC(COC(=O)CCCCCCCCCCCCCCC)OC(=O)CCCCCCC/C=C\C/C=C\CCCC. The number of rotatable bonds is 43. The minimum absolute atomic E-state index is 0.111. The lowest BCUT2D eigenvalue weighted by Crippen LogP contribution is -2.30. The Kier molecular flexibility index (Phi) is 45.5. The number of carbonyl (C=O) groups is 3. The minimum Gasteiger partial charge on any atom is -0.462 e. The van der Waals surface area contributed by atoms with E-state index in [1.54, 1.807) is 6.08 Å². The van der Waals surface area contributed by atoms with Gasteiger partial charge in [0.1, 0.15) is 13.2 Å². The van der Waals surface area contributed by atoms with Crippen molar-refractivity contribution in [3.8, 4) is 0 Å². The van der Waals surface area contributed by atoms with Crippen LogP contribution in [0.1, 0.15) is 220 Å². The van der Waals surface area contributed by atoms with Crippen LogP contribution < -0.4 is 0 Å². The molecular weight excluding hydrogens is 745 g/mol. The quantitative estimate of drug-likeness (QED) is 0.0263. The molecule has 0 saturated heterocycles. The minimum atomic E-state index is -0.821. The highest BCUT2D eigenvalue weighted by Gasteiger charge is 2.19. The first-order valence-electron chi connectivity index (χ1n) is 24.6. The zero-order chi connectivity index (χ0) is 43.7. The molecule has 0 amide bonds. The van der Waals surface area contributed by atoms with Gasteiger partial charge in [0.15, 0.2) is 6.10 Å². The predicted octanol–water partition coefficient (Wildman–Crippen LogP) is 16.0. The maximum Gasteiger partial charge on any atom is 0.309 e. The third-order valence-electron chi connectivity index (χ3n) is 10.2. The molecule has 0 fully saturated rings. The first kappa shape index (κ1) is 56.6. The Hall–Kier alpha value is -3.41. The van der Waals surface area contributed by atoms with Gasteiger partial charge in [-0.25, -0.2) is 0 Å². The fourth-order valence-electron chi connectivity index (χ4n) is 6.47. The van der Waals surface area contributed by atoms with Gasteiger partial charge < -0.3 is 14.2 Å². The van der Waals surface area contributed by atoms with Crippen molar-refractivity contribution < 1.29 is 28.6 Å². The van der Waals surface area contributed by atoms with Crippen molar-refractivity contribution in [1.29, 1.82) is 0 Å². The van der Waals surface area contributed by atoms with E-state index in [0.717, 1.165) is 96.3 Å². The van der Waals surface area contributed by atoms with E-state index in [4.69, 9.17) is 14.2 Å². The van der Waals surface area contributed by atoms with E-state index in [1.165, 1.54) is 83.5 Å². The molecule has 0 rings (SSSR count). The number of hydrogen-bond acceptors (Lipinski definition) is 6. The summed E-state index contributed by atoms with van der Waals surface area (Å²) in [5.41, 5.74) is 0. The molecule has 0 bridgehead atoms. The van der Waals surface area contributed by atoms with Gasteiger partial charge in [-0.15, -0.1) is 0 Å². The molecule has 0 aliphatic rings. The van der Waals surface area contributed by atoms with E-state index in [0.29, 0.717) is 12.8 Å². The van der Waals surface area contributed by atoms with Crippen molar-refractivity contribution >= 4 is 17.9 Å². The molecule has 6 nitrogen and oxygen atoms in total. The average molecular weight is 835 g/mol. The number of esters is 3. The first-order valence-corrected chi connectivity index (χ1v) is 24.6. The van der Waals surface area contributed by atoms with Gasteiger partial charge in [0, 0.05) is 12.8 Å². The zero-order valence-electron chi connectivity index (χ0n) is 38.9. The molecule has 342 valence electrons. The fraction of sp³-hybridized carbons (Fsp3) is 0.685. The number of unbranched alkanes of at least 4 members (excludes halogenated alkanes) is 19. The Morgan fingerprint density at radius 3 is 1.22 bits per heavy atom. The van der Waals surface area contributed by atoms with Crippen LogP contribution in [0.15, 0.2) is 85.1 Å². The Morgan fingerprint density at radius 2 is 0.733 bits per heavy atom. The highest BCUT2D eigenvalue weighted by Crippen LogP contribution is 2.14. The van der Waals surface area contributed by atoms with Crippen LogP contribution in [0.4, 0.5) is 0 Å². The standard InChI is InChI=1S/C54H90O6/c1-4-7-10-13-16-19-22-25-27-30-32-35-38-41-44-47-53(56)59-50-51(49-58-52(55)46-43-40-37-34-31-28-24-21-18-15-12-9-6-3)60-54(57)48-45-42-39-36-33-29-26-23-20-17-14-11-8-5-2/h7,10,14,16-17,19,23,25-27,32,35,41,44,51H,4-6,8-9,11-13,15,18,20-22,24,28-31,33-34,36-40,42-43,45-50H2,1-3H3/b10-7-,17-14-,19-16-,26-23-,27-25-,35-32-,44-41-. The van der Waals surface area contributed by atoms with Crippen molar-refractivity contribution in [2.45, 2.75) is 226 Å². The Morgan fingerprint density at radius 1 is 0.367 bits per heavy atom. The highest BCUT2D eigenvalue weighted by atomic mass is 16.6. The summed E-state index contributed by atoms with van der Waals surface area (Å²) in [4.78, 5) is 37.8. The van der Waals surface area contributed by atoms with Crippen molar-refractivity contribution in [2.24, 2.45) is 0 Å². The van der Waals surface area contributed by atoms with E-state index in [9.17, 15) is 14.4 Å². The average Bonchev–Trinajstić information content (AvgIpc) is 3.24. The summed E-state index contributed by atoms with van der Waals surface area (Å²) in [5.74, 6) is -1.06. The smallest absolute Gasteiger partial charge is 0.309 e. The Labute approximate surface area is 369 Å². The molecule has 0 spiro atoms. The van der Waals surface area contributed by atoms with Crippen LogP contribution in [0.2, 0.25) is 0 Å². The lowest BCUT2D eigenvalue weighted by molar-refractivity contribution is -0.166. The molecule has 0 saturated carbocycles. The van der Waals surface area contributed by atoms with Crippen molar-refractivity contribution in [1.82, 2.24) is 0 Å². The molecule has 0 aliphatic carbocycles. The molecule has 6 heteroatoms. The second-order valence-corrected chi connectivity index (χ2v) is 16.0. The molecule has 1 unspecified atom stereocenters. The van der Waals surface area contributed by atoms with Crippen molar-refractivity contribution in [2.75, 3.05) is 13.2 Å². The van der Waals surface area contributed by atoms with Gasteiger partial charge in [-0.2, -0.15) is 0 Å². The van der Waals surface area contributed by atoms with E-state index in [1.807, 2.05) is 6.08 Å². The van der Waals surface area contributed by atoms with E-state index >= 15 is 0 Å². The van der Waals surface area contributed by atoms with Gasteiger partial charge in [-0.1, -0.05) is 215 Å². The van der Waals surface area contributed by atoms with Crippen LogP contribution in [0, 0.1) is 0 Å². The largest absolute Gasteiger partial charge is 0.462 e. The maximum absolute atomic E-state index is 12.8. The van der Waals surface area contributed by atoms with E-state index in [-0.39, 0.29) is 31.6 Å². The Balaban J connectivity index is 4.53. The number of hydrogen-bond donors (Lipinski definition) is 0. The third kappa shape index (κ3) is 45.7. The van der Waals surface area contributed by atoms with Crippen LogP contribution in [-0.2, 0) is 28.6 Å². The second kappa shape index (κ2) is 48.3. The molecule has 0 radical (unpaired) electrons. The number of carbonyl (C=O) groups excluding carboxylic acids is 3. The summed E-state index contributed by atoms with van der Waals surface area (Å²) in [6.45, 7) is 6.37. The molecule has 60 heavy (non-hydrogen) atoms. The summed E-state index contributed by atoms with van der Waals surface area (Å²) >= 11 is 0. The van der Waals surface area contributed by atoms with Crippen molar-refractivity contribution in [3.63, 3.8) is 0 Å². The van der Waals surface area contributed by atoms with Gasteiger partial charge in [-0.3, -0.25) is 14.4 Å². The van der Waals surface area contributed by atoms with E-state index in [2.05, 4.69) is 93.7 Å². The molecular formula is C54H90O6. The first-order chi connectivity index (χ1) is 29.5. The molecule has 0 aliphatic heterocycles. The van der Waals surface area contributed by atoms with Crippen LogP contribution in [0.3, 0.4) is 0 Å². The third-order valence-corrected chi connectivity index (χ3v) is 10.2. The molecule has 0 aromatic heterocycles. The maximum atomic E-state index is 12.8. The van der Waals surface area contributed by atoms with Gasteiger partial charge in [0.25, 0.3) is 0 Å². The Bertz CT molecular complexity index is 1190. The molecule has 1 atom stereocenters. The molecule has 0 aromatic rings. The normalized spacial score (nSPS) is 12.8. The highest BCUT2D eigenvalue weighted by molar-refractivity contribution is 5.72. The molecule has 0 N–H and O–H groups in total. The number of allylic oxidation sites excluding steroid dienone is 13. The van der Waals surface area contributed by atoms with E-state index < -0.39 is 12.1 Å². The van der Waals surface area contributed by atoms with Gasteiger partial charge in [0.2, 0.25) is 0 Å². The zero-order valence-corrected chi connectivity index (χ0v) is 38.9. The lowest BCUT2D eigenvalue weighted by Gasteiger charge is -2.18. The molecule has 0 heterocycles. The summed E-state index contributed by atoms with van der Waals surface area (Å²) in [7, 11) is 0. The van der Waals surface area contributed by atoms with Gasteiger partial charge in [-0.05, 0) is 70.6 Å². The monoisotopic (exact) mass is 835 g/mol. The topological polar surface area (TPSA) is 78.9 Å². The summed E-state index contributed by atoms with van der Waals surface area (Å²) in [6, 6.07) is 0. The van der Waals surface area contributed by atoms with Crippen LogP contribution in [0.25, 0.3) is 0 Å². The fourth-order valence-corrected chi connectivity index (χ4v) is 6.47. The molecule has 0 aromatic carbocycles. The van der Waals surface area contributed by atoms with Crippen LogP contribution in [0.5, 0.6) is 0 Å². The predicted molar refractivity (Wildman–Crippen MR) is 256 cm³/mol. The van der Waals surface area contributed by atoms with Crippen molar-refractivity contribution in [3.05, 3.63) is 85.1 Å². The van der Waals surface area contributed by atoms with Gasteiger partial charge in [0.05, 0.1) is 6.42 Å². The second-order valence-electron chi connectivity index (χ2n) is 16.0. The van der Waals surface area contributed by atoms with Crippen LogP contribution >= 0.6 is 0 Å². The number of ether oxygens (including phenoxy) is 3.